The number of carbonyl (C=O) groups excluding carboxylic acids is 1. The second kappa shape index (κ2) is 6.52. The van der Waals surface area contributed by atoms with Crippen molar-refractivity contribution in [3.05, 3.63) is 63.8 Å². The number of carbonyl (C=O) groups is 1. The lowest BCUT2D eigenvalue weighted by atomic mass is 10.2. The second-order valence-corrected chi connectivity index (χ2v) is 6.03. The van der Waals surface area contributed by atoms with Crippen LogP contribution in [0.5, 0.6) is 0 Å². The summed E-state index contributed by atoms with van der Waals surface area (Å²) in [7, 11) is 0. The summed E-state index contributed by atoms with van der Waals surface area (Å²) in [5.41, 5.74) is 2.07. The van der Waals surface area contributed by atoms with Crippen LogP contribution in [0.25, 0.3) is 11.0 Å². The Hall–Kier alpha value is -2.93. The topological polar surface area (TPSA) is 89.2 Å². The molecule has 0 unspecified atom stereocenters. The lowest BCUT2D eigenvalue weighted by Gasteiger charge is -2.04. The highest BCUT2D eigenvalue weighted by Crippen LogP contribution is 2.12. The van der Waals surface area contributed by atoms with E-state index < -0.39 is 5.91 Å². The zero-order valence-corrected chi connectivity index (χ0v) is 13.6. The fraction of sp³-hybridized carbons (Fsp3) is 0.278. The molecule has 3 heterocycles. The molecule has 128 valence electrons. The van der Waals surface area contributed by atoms with E-state index in [0.29, 0.717) is 11.0 Å². The predicted molar refractivity (Wildman–Crippen MR) is 92.2 cm³/mol. The van der Waals surface area contributed by atoms with Crippen molar-refractivity contribution in [3.63, 3.8) is 0 Å². The maximum Gasteiger partial charge on any atom is 0.287 e. The molecule has 4 rings (SSSR count). The Morgan fingerprint density at radius 3 is 3.12 bits per heavy atom. The van der Waals surface area contributed by atoms with Gasteiger partial charge in [0, 0.05) is 19.2 Å². The highest BCUT2D eigenvalue weighted by Gasteiger charge is 2.14. The molecule has 7 heteroatoms. The molecule has 3 aromatic rings. The number of nitrogens with one attached hydrogen (secondary N) is 2. The van der Waals surface area contributed by atoms with E-state index in [0.717, 1.165) is 37.4 Å². The molecule has 1 amide bonds. The van der Waals surface area contributed by atoms with Crippen molar-refractivity contribution in [2.24, 2.45) is 0 Å². The molecule has 0 saturated carbocycles. The van der Waals surface area contributed by atoms with Gasteiger partial charge in [0.15, 0.2) is 11.2 Å². The molecular formula is C18H18N4O3. The summed E-state index contributed by atoms with van der Waals surface area (Å²) >= 11 is 0. The van der Waals surface area contributed by atoms with Crippen LogP contribution in [0.4, 0.5) is 0 Å². The SMILES string of the molecule is O=C(NCc1cc2n(n1)CCCNC2)c1cc(=O)c2ccccc2o1. The minimum atomic E-state index is -0.427. The van der Waals surface area contributed by atoms with E-state index in [1.165, 1.54) is 6.07 Å². The first-order chi connectivity index (χ1) is 12.2. The third-order valence-electron chi connectivity index (χ3n) is 4.23. The van der Waals surface area contributed by atoms with Crippen LogP contribution < -0.4 is 16.1 Å². The molecule has 0 aliphatic carbocycles. The van der Waals surface area contributed by atoms with Crippen molar-refractivity contribution in [1.29, 1.82) is 0 Å². The van der Waals surface area contributed by atoms with Gasteiger partial charge in [-0.05, 0) is 31.2 Å². The Morgan fingerprint density at radius 2 is 2.20 bits per heavy atom. The highest BCUT2D eigenvalue weighted by atomic mass is 16.3. The Labute approximate surface area is 143 Å². The van der Waals surface area contributed by atoms with Gasteiger partial charge < -0.3 is 15.1 Å². The van der Waals surface area contributed by atoms with Crippen molar-refractivity contribution in [1.82, 2.24) is 20.4 Å². The molecule has 1 aromatic carbocycles. The minimum Gasteiger partial charge on any atom is -0.451 e. The van der Waals surface area contributed by atoms with Gasteiger partial charge in [-0.25, -0.2) is 0 Å². The smallest absolute Gasteiger partial charge is 0.287 e. The van der Waals surface area contributed by atoms with Gasteiger partial charge in [0.1, 0.15) is 5.58 Å². The zero-order chi connectivity index (χ0) is 17.2. The van der Waals surface area contributed by atoms with Crippen molar-refractivity contribution in [3.8, 4) is 0 Å². The fourth-order valence-electron chi connectivity index (χ4n) is 2.98. The van der Waals surface area contributed by atoms with E-state index in [1.54, 1.807) is 24.3 Å². The number of aromatic nitrogens is 2. The number of hydrogen-bond donors (Lipinski definition) is 2. The van der Waals surface area contributed by atoms with Crippen LogP contribution in [-0.4, -0.2) is 22.2 Å². The van der Waals surface area contributed by atoms with Crippen LogP contribution in [0, 0.1) is 0 Å². The largest absolute Gasteiger partial charge is 0.451 e. The van der Waals surface area contributed by atoms with E-state index in [-0.39, 0.29) is 17.7 Å². The number of nitrogens with zero attached hydrogens (tertiary/aromatic N) is 2. The minimum absolute atomic E-state index is 0.00568. The second-order valence-electron chi connectivity index (χ2n) is 6.03. The van der Waals surface area contributed by atoms with Crippen molar-refractivity contribution >= 4 is 16.9 Å². The first-order valence-electron chi connectivity index (χ1n) is 8.28. The number of rotatable bonds is 3. The number of aryl methyl sites for hydroxylation is 1. The maximum absolute atomic E-state index is 12.3. The maximum atomic E-state index is 12.3. The summed E-state index contributed by atoms with van der Waals surface area (Å²) in [6, 6.07) is 10.1. The van der Waals surface area contributed by atoms with Gasteiger partial charge in [0.2, 0.25) is 0 Å². The number of para-hydroxylation sites is 1. The first kappa shape index (κ1) is 15.6. The summed E-state index contributed by atoms with van der Waals surface area (Å²) in [4.78, 5) is 24.4. The van der Waals surface area contributed by atoms with Gasteiger partial charge in [-0.2, -0.15) is 5.10 Å². The fourth-order valence-corrected chi connectivity index (χ4v) is 2.98. The molecule has 2 N–H and O–H groups in total. The summed E-state index contributed by atoms with van der Waals surface area (Å²) in [5.74, 6) is -0.421. The van der Waals surface area contributed by atoms with Crippen LogP contribution in [0.1, 0.15) is 28.4 Å². The molecule has 0 radical (unpaired) electrons. The Morgan fingerprint density at radius 1 is 1.32 bits per heavy atom. The van der Waals surface area contributed by atoms with E-state index in [1.807, 2.05) is 10.7 Å². The molecule has 2 aromatic heterocycles. The summed E-state index contributed by atoms with van der Waals surface area (Å²) < 4.78 is 7.51. The molecular weight excluding hydrogens is 320 g/mol. The standard InChI is InChI=1S/C18H18N4O3/c23-15-9-17(25-16-5-2-1-4-14(15)16)18(24)20-10-12-8-13-11-19-6-3-7-22(13)21-12/h1-2,4-5,8-9,19H,3,6-7,10-11H2,(H,20,24). The normalized spacial score (nSPS) is 14.1. The Bertz CT molecular complexity index is 966. The number of hydrogen-bond acceptors (Lipinski definition) is 5. The van der Waals surface area contributed by atoms with Crippen LogP contribution in [0.2, 0.25) is 0 Å². The summed E-state index contributed by atoms with van der Waals surface area (Å²) in [6.45, 7) is 2.92. The predicted octanol–water partition coefficient (Wildman–Crippen LogP) is 1.41. The van der Waals surface area contributed by atoms with Crippen molar-refractivity contribution in [2.75, 3.05) is 6.54 Å². The monoisotopic (exact) mass is 338 g/mol. The van der Waals surface area contributed by atoms with Gasteiger partial charge in [-0.3, -0.25) is 14.3 Å². The molecule has 0 atom stereocenters. The molecule has 0 fully saturated rings. The molecule has 0 saturated heterocycles. The van der Waals surface area contributed by atoms with Crippen molar-refractivity contribution < 1.29 is 9.21 Å². The number of amides is 1. The molecule has 0 spiro atoms. The van der Waals surface area contributed by atoms with Gasteiger partial charge in [-0.15, -0.1) is 0 Å². The van der Waals surface area contributed by atoms with E-state index >= 15 is 0 Å². The van der Waals surface area contributed by atoms with E-state index in [4.69, 9.17) is 4.42 Å². The molecule has 1 aliphatic heterocycles. The van der Waals surface area contributed by atoms with Gasteiger partial charge in [0.25, 0.3) is 5.91 Å². The average Bonchev–Trinajstić information content (AvgIpc) is 2.89. The molecule has 1 aliphatic rings. The lowest BCUT2D eigenvalue weighted by molar-refractivity contribution is 0.0923. The third-order valence-corrected chi connectivity index (χ3v) is 4.23. The van der Waals surface area contributed by atoms with E-state index in [9.17, 15) is 9.59 Å². The highest BCUT2D eigenvalue weighted by molar-refractivity contribution is 5.93. The van der Waals surface area contributed by atoms with Crippen LogP contribution in [0.3, 0.4) is 0 Å². The Balaban J connectivity index is 1.50. The molecule has 0 bridgehead atoms. The van der Waals surface area contributed by atoms with Crippen molar-refractivity contribution in [2.45, 2.75) is 26.1 Å². The summed E-state index contributed by atoms with van der Waals surface area (Å²) in [5, 5.41) is 11.1. The Kier molecular flexibility index (Phi) is 4.07. The van der Waals surface area contributed by atoms with E-state index in [2.05, 4.69) is 15.7 Å². The van der Waals surface area contributed by atoms with Crippen LogP contribution in [0.15, 0.2) is 45.6 Å². The number of benzene rings is 1. The quantitative estimate of drug-likeness (QED) is 0.754. The third kappa shape index (κ3) is 3.18. The zero-order valence-electron chi connectivity index (χ0n) is 13.6. The van der Waals surface area contributed by atoms with Gasteiger partial charge in [0.05, 0.1) is 23.3 Å². The van der Waals surface area contributed by atoms with Crippen LogP contribution in [-0.2, 0) is 19.6 Å². The molecule has 25 heavy (non-hydrogen) atoms. The van der Waals surface area contributed by atoms with Gasteiger partial charge in [-0.1, -0.05) is 12.1 Å². The lowest BCUT2D eigenvalue weighted by Crippen LogP contribution is -2.24. The number of fused-ring (bicyclic) bond motifs is 2. The first-order valence-corrected chi connectivity index (χ1v) is 8.28. The molecule has 7 nitrogen and oxygen atoms in total. The van der Waals surface area contributed by atoms with Crippen LogP contribution >= 0.6 is 0 Å². The average molecular weight is 338 g/mol. The summed E-state index contributed by atoms with van der Waals surface area (Å²) in [6.07, 6.45) is 1.03. The van der Waals surface area contributed by atoms with Gasteiger partial charge >= 0.3 is 0 Å².